The lowest BCUT2D eigenvalue weighted by molar-refractivity contribution is 0.0982. The molecule has 0 saturated carbocycles. The van der Waals surface area contributed by atoms with Gasteiger partial charge in [-0.3, -0.25) is 19.2 Å². The smallest absolute Gasteiger partial charge is 0.180 e. The number of benzene rings is 1. The highest BCUT2D eigenvalue weighted by Gasteiger charge is 2.12. The van der Waals surface area contributed by atoms with Crippen LogP contribution in [0.3, 0.4) is 0 Å². The van der Waals surface area contributed by atoms with Crippen molar-refractivity contribution in [3.8, 4) is 22.3 Å². The Kier molecular flexibility index (Phi) is 4.13. The van der Waals surface area contributed by atoms with Crippen LogP contribution in [0.4, 0.5) is 0 Å². The summed E-state index contributed by atoms with van der Waals surface area (Å²) in [6.45, 7) is 1.86. The topological polar surface area (TPSA) is 60.2 Å². The molecule has 5 aromatic rings. The third kappa shape index (κ3) is 2.97. The van der Waals surface area contributed by atoms with E-state index in [0.717, 1.165) is 38.8 Å². The van der Waals surface area contributed by atoms with Gasteiger partial charge in [-0.1, -0.05) is 13.0 Å². The van der Waals surface area contributed by atoms with Gasteiger partial charge in [-0.25, -0.2) is 4.98 Å². The number of hydrogen-bond acceptors (Lipinski definition) is 4. The fourth-order valence-corrected chi connectivity index (χ4v) is 3.65. The lowest BCUT2D eigenvalue weighted by Gasteiger charge is -2.09. The summed E-state index contributed by atoms with van der Waals surface area (Å²) in [4.78, 5) is 25.2. The Hall–Kier alpha value is -3.86. The quantitative estimate of drug-likeness (QED) is 0.403. The van der Waals surface area contributed by atoms with E-state index in [-0.39, 0.29) is 5.78 Å². The predicted octanol–water partition coefficient (Wildman–Crippen LogP) is 5.20. The first-order valence-electron chi connectivity index (χ1n) is 9.54. The third-order valence-corrected chi connectivity index (χ3v) is 5.18. The zero-order chi connectivity index (χ0) is 19.8. The highest BCUT2D eigenvalue weighted by atomic mass is 16.1. The van der Waals surface area contributed by atoms with Gasteiger partial charge in [-0.2, -0.15) is 0 Å². The van der Waals surface area contributed by atoms with Crippen molar-refractivity contribution in [2.24, 2.45) is 0 Å². The number of carbonyl (C=O) groups excluding carboxylic acids is 1. The summed E-state index contributed by atoms with van der Waals surface area (Å²) in [6.07, 6.45) is 9.51. The van der Waals surface area contributed by atoms with Crippen molar-refractivity contribution in [3.05, 3.63) is 85.2 Å². The summed E-state index contributed by atoms with van der Waals surface area (Å²) in [5.74, 6) is 0.0809. The van der Waals surface area contributed by atoms with E-state index in [1.807, 2.05) is 60.1 Å². The van der Waals surface area contributed by atoms with Crippen LogP contribution >= 0.6 is 0 Å². The van der Waals surface area contributed by atoms with Crippen molar-refractivity contribution >= 4 is 22.3 Å². The normalized spacial score (nSPS) is 11.2. The minimum atomic E-state index is 0.0809. The molecule has 0 saturated heterocycles. The second-order valence-electron chi connectivity index (χ2n) is 6.89. The van der Waals surface area contributed by atoms with E-state index in [2.05, 4.69) is 27.1 Å². The monoisotopic (exact) mass is 378 g/mol. The molecule has 0 amide bonds. The largest absolute Gasteiger partial charge is 0.296 e. The van der Waals surface area contributed by atoms with Crippen molar-refractivity contribution in [1.29, 1.82) is 0 Å². The fraction of sp³-hybridized carbons (Fsp3) is 0.0833. The van der Waals surface area contributed by atoms with Gasteiger partial charge in [0, 0.05) is 36.6 Å². The molecule has 0 fully saturated rings. The molecule has 29 heavy (non-hydrogen) atoms. The summed E-state index contributed by atoms with van der Waals surface area (Å²) >= 11 is 0. The Morgan fingerprint density at radius 1 is 0.897 bits per heavy atom. The molecule has 140 valence electrons. The SMILES string of the molecule is CCC(=O)c1cnc2ccc(-c3ccc4nccc(-c5ccncc5)c4c3)cn12. The van der Waals surface area contributed by atoms with Crippen LogP contribution in [0.15, 0.2) is 79.5 Å². The van der Waals surface area contributed by atoms with Gasteiger partial charge < -0.3 is 0 Å². The number of fused-ring (bicyclic) bond motifs is 2. The number of imidazole rings is 1. The molecule has 0 radical (unpaired) electrons. The van der Waals surface area contributed by atoms with E-state index in [1.54, 1.807) is 18.6 Å². The average molecular weight is 378 g/mol. The average Bonchev–Trinajstić information content (AvgIpc) is 3.21. The number of carbonyl (C=O) groups is 1. The first-order chi connectivity index (χ1) is 14.2. The second-order valence-corrected chi connectivity index (χ2v) is 6.89. The molecule has 4 heterocycles. The third-order valence-electron chi connectivity index (χ3n) is 5.18. The summed E-state index contributed by atoms with van der Waals surface area (Å²) in [5, 5.41) is 1.08. The maximum atomic E-state index is 12.2. The molecule has 0 N–H and O–H groups in total. The molecule has 0 aliphatic carbocycles. The van der Waals surface area contributed by atoms with Crippen LogP contribution in [0.2, 0.25) is 0 Å². The molecule has 5 nitrogen and oxygen atoms in total. The van der Waals surface area contributed by atoms with Crippen LogP contribution in [0, 0.1) is 0 Å². The van der Waals surface area contributed by atoms with Gasteiger partial charge in [-0.15, -0.1) is 0 Å². The molecule has 0 bridgehead atoms. The minimum absolute atomic E-state index is 0.0809. The molecule has 0 spiro atoms. The fourth-order valence-electron chi connectivity index (χ4n) is 3.65. The summed E-state index contributed by atoms with van der Waals surface area (Å²) < 4.78 is 1.87. The van der Waals surface area contributed by atoms with Crippen LogP contribution in [0.1, 0.15) is 23.8 Å². The highest BCUT2D eigenvalue weighted by molar-refractivity contribution is 5.97. The van der Waals surface area contributed by atoms with E-state index in [9.17, 15) is 4.79 Å². The Balaban J connectivity index is 1.68. The maximum Gasteiger partial charge on any atom is 0.180 e. The van der Waals surface area contributed by atoms with Gasteiger partial charge in [0.25, 0.3) is 0 Å². The molecule has 0 atom stereocenters. The molecular formula is C24H18N4O. The minimum Gasteiger partial charge on any atom is -0.296 e. The van der Waals surface area contributed by atoms with Gasteiger partial charge in [0.2, 0.25) is 0 Å². The van der Waals surface area contributed by atoms with Gasteiger partial charge in [0.1, 0.15) is 11.3 Å². The molecule has 1 aromatic carbocycles. The first kappa shape index (κ1) is 17.3. The summed E-state index contributed by atoms with van der Waals surface area (Å²) in [6, 6.07) is 16.3. The van der Waals surface area contributed by atoms with Gasteiger partial charge in [0.15, 0.2) is 5.78 Å². The number of nitrogens with zero attached hydrogens (tertiary/aromatic N) is 4. The van der Waals surface area contributed by atoms with E-state index in [0.29, 0.717) is 12.1 Å². The van der Waals surface area contributed by atoms with Crippen LogP contribution in [0.25, 0.3) is 38.8 Å². The number of ketones is 1. The van der Waals surface area contributed by atoms with Crippen molar-refractivity contribution in [2.45, 2.75) is 13.3 Å². The molecule has 0 unspecified atom stereocenters. The Bertz CT molecular complexity index is 1360. The Labute approximate surface area is 167 Å². The molecule has 0 aliphatic heterocycles. The first-order valence-corrected chi connectivity index (χ1v) is 9.54. The Morgan fingerprint density at radius 2 is 1.72 bits per heavy atom. The highest BCUT2D eigenvalue weighted by Crippen LogP contribution is 2.31. The van der Waals surface area contributed by atoms with E-state index >= 15 is 0 Å². The van der Waals surface area contributed by atoms with Crippen LogP contribution in [0.5, 0.6) is 0 Å². The molecule has 4 aromatic heterocycles. The van der Waals surface area contributed by atoms with Crippen molar-refractivity contribution in [1.82, 2.24) is 19.4 Å². The number of aromatic nitrogens is 4. The van der Waals surface area contributed by atoms with Gasteiger partial charge >= 0.3 is 0 Å². The lowest BCUT2D eigenvalue weighted by atomic mass is 9.98. The van der Waals surface area contributed by atoms with Crippen LogP contribution < -0.4 is 0 Å². The molecule has 5 heteroatoms. The number of Topliss-reactive ketones (excluding diaryl/α,β-unsaturated/α-hetero) is 1. The number of rotatable bonds is 4. The Morgan fingerprint density at radius 3 is 2.55 bits per heavy atom. The zero-order valence-electron chi connectivity index (χ0n) is 15.9. The number of hydrogen-bond donors (Lipinski definition) is 0. The second kappa shape index (κ2) is 6.95. The van der Waals surface area contributed by atoms with Crippen LogP contribution in [-0.4, -0.2) is 25.1 Å². The summed E-state index contributed by atoms with van der Waals surface area (Å²) in [7, 11) is 0. The van der Waals surface area contributed by atoms with Crippen molar-refractivity contribution < 1.29 is 4.79 Å². The standard InChI is InChI=1S/C24H18N4O/c1-2-23(29)22-14-27-24-6-4-18(15-28(22)24)17-3-5-21-20(13-17)19(9-12-26-21)16-7-10-25-11-8-16/h3-15H,2H2,1H3. The summed E-state index contributed by atoms with van der Waals surface area (Å²) in [5.41, 5.74) is 6.62. The maximum absolute atomic E-state index is 12.2. The van der Waals surface area contributed by atoms with Crippen molar-refractivity contribution in [2.75, 3.05) is 0 Å². The van der Waals surface area contributed by atoms with E-state index in [4.69, 9.17) is 0 Å². The van der Waals surface area contributed by atoms with E-state index in [1.165, 1.54) is 0 Å². The lowest BCUT2D eigenvalue weighted by Crippen LogP contribution is -2.01. The zero-order valence-corrected chi connectivity index (χ0v) is 15.9. The van der Waals surface area contributed by atoms with Crippen molar-refractivity contribution in [3.63, 3.8) is 0 Å². The molecule has 5 rings (SSSR count). The van der Waals surface area contributed by atoms with E-state index < -0.39 is 0 Å². The number of pyridine rings is 3. The molecular weight excluding hydrogens is 360 g/mol. The molecule has 0 aliphatic rings. The van der Waals surface area contributed by atoms with Crippen LogP contribution in [-0.2, 0) is 0 Å². The van der Waals surface area contributed by atoms with Gasteiger partial charge in [0.05, 0.1) is 11.7 Å². The van der Waals surface area contributed by atoms with Gasteiger partial charge in [-0.05, 0) is 64.7 Å². The predicted molar refractivity (Wildman–Crippen MR) is 114 cm³/mol.